The highest BCUT2D eigenvalue weighted by Crippen LogP contribution is 2.28. The van der Waals surface area contributed by atoms with Crippen molar-refractivity contribution in [3.63, 3.8) is 0 Å². The highest BCUT2D eigenvalue weighted by Gasteiger charge is 2.32. The molecule has 3 aromatic carbocycles. The van der Waals surface area contributed by atoms with E-state index in [4.69, 9.17) is 11.6 Å². The molecule has 0 saturated carbocycles. The van der Waals surface area contributed by atoms with Crippen molar-refractivity contribution in [2.75, 3.05) is 4.31 Å². The van der Waals surface area contributed by atoms with Crippen LogP contribution in [-0.4, -0.2) is 14.3 Å². The summed E-state index contributed by atoms with van der Waals surface area (Å²) in [5.41, 5.74) is 3.68. The molecule has 0 aliphatic carbocycles. The van der Waals surface area contributed by atoms with E-state index in [-0.39, 0.29) is 4.90 Å². The second kappa shape index (κ2) is 9.67. The minimum Gasteiger partial charge on any atom is -0.268 e. The van der Waals surface area contributed by atoms with Crippen LogP contribution in [0.25, 0.3) is 0 Å². The van der Waals surface area contributed by atoms with Gasteiger partial charge in [-0.15, -0.1) is 0 Å². The maximum absolute atomic E-state index is 13.5. The van der Waals surface area contributed by atoms with Crippen molar-refractivity contribution in [2.45, 2.75) is 44.9 Å². The fraction of sp³-hybridized carbons (Fsp3) is 0.240. The molecular formula is C25H26ClNO3S. The maximum Gasteiger partial charge on any atom is 0.272 e. The van der Waals surface area contributed by atoms with Crippen LogP contribution in [0.2, 0.25) is 5.02 Å². The molecule has 31 heavy (non-hydrogen) atoms. The molecular weight excluding hydrogens is 430 g/mol. The van der Waals surface area contributed by atoms with Gasteiger partial charge in [-0.2, -0.15) is 4.31 Å². The number of unbranched alkanes of at least 4 members (excludes halogenated alkanes) is 1. The van der Waals surface area contributed by atoms with E-state index in [1.165, 1.54) is 24.3 Å². The van der Waals surface area contributed by atoms with E-state index in [1.54, 1.807) is 24.3 Å². The number of sulfonamides is 1. The van der Waals surface area contributed by atoms with Crippen LogP contribution >= 0.6 is 11.6 Å². The summed E-state index contributed by atoms with van der Waals surface area (Å²) in [6.07, 6.45) is 3.03. The minimum absolute atomic E-state index is 0.00384. The summed E-state index contributed by atoms with van der Waals surface area (Å²) in [6.45, 7) is 5.96. The molecule has 6 heteroatoms. The summed E-state index contributed by atoms with van der Waals surface area (Å²) in [5.74, 6) is -0.598. The van der Waals surface area contributed by atoms with Gasteiger partial charge in [0.15, 0.2) is 0 Å². The van der Waals surface area contributed by atoms with Gasteiger partial charge in [0.1, 0.15) is 0 Å². The number of aryl methyl sites for hydroxylation is 3. The molecule has 0 spiro atoms. The Labute approximate surface area is 189 Å². The Hall–Kier alpha value is -2.63. The number of rotatable bonds is 7. The van der Waals surface area contributed by atoms with Gasteiger partial charge >= 0.3 is 0 Å². The van der Waals surface area contributed by atoms with Gasteiger partial charge in [0.05, 0.1) is 10.6 Å². The van der Waals surface area contributed by atoms with Crippen molar-refractivity contribution < 1.29 is 13.2 Å². The van der Waals surface area contributed by atoms with E-state index < -0.39 is 15.9 Å². The molecule has 0 fully saturated rings. The molecule has 0 aliphatic heterocycles. The van der Waals surface area contributed by atoms with Gasteiger partial charge < -0.3 is 0 Å². The van der Waals surface area contributed by atoms with Crippen LogP contribution in [0, 0.1) is 13.8 Å². The first-order chi connectivity index (χ1) is 14.7. The monoisotopic (exact) mass is 455 g/mol. The Kier molecular flexibility index (Phi) is 7.19. The van der Waals surface area contributed by atoms with Crippen molar-refractivity contribution in [3.05, 3.63) is 94.0 Å². The zero-order valence-corrected chi connectivity index (χ0v) is 19.5. The Morgan fingerprint density at radius 3 is 2.13 bits per heavy atom. The number of hydrogen-bond acceptors (Lipinski definition) is 3. The predicted octanol–water partition coefficient (Wildman–Crippen LogP) is 6.34. The molecule has 3 rings (SSSR count). The third-order valence-corrected chi connectivity index (χ3v) is 7.26. The molecule has 0 aromatic heterocycles. The first kappa shape index (κ1) is 23.0. The summed E-state index contributed by atoms with van der Waals surface area (Å²) in [6, 6.07) is 18.2. The lowest BCUT2D eigenvalue weighted by atomic mass is 10.1. The second-order valence-corrected chi connectivity index (χ2v) is 9.82. The Bertz CT molecular complexity index is 1170. The molecule has 0 bridgehead atoms. The average Bonchev–Trinajstić information content (AvgIpc) is 2.75. The first-order valence-electron chi connectivity index (χ1n) is 10.3. The molecule has 0 radical (unpaired) electrons. The van der Waals surface area contributed by atoms with E-state index in [2.05, 4.69) is 6.92 Å². The van der Waals surface area contributed by atoms with Crippen LogP contribution < -0.4 is 4.31 Å². The van der Waals surface area contributed by atoms with Gasteiger partial charge in [0.2, 0.25) is 0 Å². The van der Waals surface area contributed by atoms with E-state index >= 15 is 0 Å². The highest BCUT2D eigenvalue weighted by molar-refractivity contribution is 7.93. The first-order valence-corrected chi connectivity index (χ1v) is 12.1. The van der Waals surface area contributed by atoms with Crippen molar-refractivity contribution >= 4 is 33.2 Å². The van der Waals surface area contributed by atoms with Crippen LogP contribution in [0.3, 0.4) is 0 Å². The lowest BCUT2D eigenvalue weighted by molar-refractivity contribution is 0.101. The Morgan fingerprint density at radius 1 is 0.903 bits per heavy atom. The van der Waals surface area contributed by atoms with Crippen LogP contribution in [0.15, 0.2) is 71.6 Å². The predicted molar refractivity (Wildman–Crippen MR) is 126 cm³/mol. The number of carbonyl (C=O) groups is 1. The van der Waals surface area contributed by atoms with Crippen molar-refractivity contribution in [3.8, 4) is 0 Å². The summed E-state index contributed by atoms with van der Waals surface area (Å²) in [4.78, 5) is 13.5. The van der Waals surface area contributed by atoms with Gasteiger partial charge in [-0.1, -0.05) is 43.1 Å². The largest absolute Gasteiger partial charge is 0.272 e. The second-order valence-electron chi connectivity index (χ2n) is 7.60. The van der Waals surface area contributed by atoms with E-state index in [0.29, 0.717) is 16.3 Å². The Balaban J connectivity index is 2.10. The number of benzene rings is 3. The van der Waals surface area contributed by atoms with Crippen molar-refractivity contribution in [2.24, 2.45) is 0 Å². The number of amides is 1. The lowest BCUT2D eigenvalue weighted by Gasteiger charge is -2.23. The zero-order chi connectivity index (χ0) is 22.6. The molecule has 0 N–H and O–H groups in total. The molecule has 0 unspecified atom stereocenters. The highest BCUT2D eigenvalue weighted by atomic mass is 35.5. The van der Waals surface area contributed by atoms with Crippen LogP contribution in [0.5, 0.6) is 0 Å². The minimum atomic E-state index is -4.15. The molecule has 1 amide bonds. The fourth-order valence-corrected chi connectivity index (χ4v) is 4.79. The summed E-state index contributed by atoms with van der Waals surface area (Å²) >= 11 is 5.93. The molecule has 4 nitrogen and oxygen atoms in total. The van der Waals surface area contributed by atoms with Gasteiger partial charge in [-0.3, -0.25) is 4.79 Å². The SMILES string of the molecule is CCCCc1ccc(N(C(=O)c2ccc(C)c(C)c2)S(=O)(=O)c2ccc(Cl)cc2)cc1. The molecule has 162 valence electrons. The molecule has 0 atom stereocenters. The number of halogens is 1. The third-order valence-electron chi connectivity index (χ3n) is 5.28. The number of nitrogens with zero attached hydrogens (tertiary/aromatic N) is 1. The normalized spacial score (nSPS) is 11.4. The molecule has 0 heterocycles. The molecule has 0 saturated heterocycles. The van der Waals surface area contributed by atoms with Gasteiger partial charge in [0, 0.05) is 10.6 Å². The topological polar surface area (TPSA) is 54.5 Å². The third kappa shape index (κ3) is 5.17. The average molecular weight is 456 g/mol. The van der Waals surface area contributed by atoms with Crippen LogP contribution in [0.4, 0.5) is 5.69 Å². The van der Waals surface area contributed by atoms with E-state index in [0.717, 1.165) is 40.3 Å². The van der Waals surface area contributed by atoms with Crippen molar-refractivity contribution in [1.82, 2.24) is 0 Å². The van der Waals surface area contributed by atoms with Crippen LogP contribution in [-0.2, 0) is 16.4 Å². The van der Waals surface area contributed by atoms with Crippen LogP contribution in [0.1, 0.15) is 46.8 Å². The van der Waals surface area contributed by atoms with Gasteiger partial charge in [0.25, 0.3) is 15.9 Å². The summed E-state index contributed by atoms with van der Waals surface area (Å²) in [5, 5.41) is 0.422. The smallest absolute Gasteiger partial charge is 0.268 e. The maximum atomic E-state index is 13.5. The summed E-state index contributed by atoms with van der Waals surface area (Å²) < 4.78 is 27.9. The number of hydrogen-bond donors (Lipinski definition) is 0. The zero-order valence-electron chi connectivity index (χ0n) is 17.9. The standard InChI is InChI=1S/C25H26ClNO3S/c1-4-5-6-20-8-13-23(14-9-20)27(25(28)21-10-7-18(2)19(3)17-21)31(29,30)24-15-11-22(26)12-16-24/h7-17H,4-6H2,1-3H3. The van der Waals surface area contributed by atoms with E-state index in [9.17, 15) is 13.2 Å². The van der Waals surface area contributed by atoms with Gasteiger partial charge in [-0.05, 0) is 91.9 Å². The van der Waals surface area contributed by atoms with Crippen molar-refractivity contribution in [1.29, 1.82) is 0 Å². The molecule has 3 aromatic rings. The van der Waals surface area contributed by atoms with Gasteiger partial charge in [-0.25, -0.2) is 8.42 Å². The molecule has 0 aliphatic rings. The summed E-state index contributed by atoms with van der Waals surface area (Å²) in [7, 11) is -4.15. The quantitative estimate of drug-likeness (QED) is 0.418. The number of anilines is 1. The van der Waals surface area contributed by atoms with E-state index in [1.807, 2.05) is 32.0 Å². The lowest BCUT2D eigenvalue weighted by Crippen LogP contribution is -2.37. The fourth-order valence-electron chi connectivity index (χ4n) is 3.25. The Morgan fingerprint density at radius 2 is 1.55 bits per heavy atom. The number of carbonyl (C=O) groups excluding carboxylic acids is 1.